The van der Waals surface area contributed by atoms with Crippen LogP contribution in [-0.2, 0) is 4.79 Å². The van der Waals surface area contributed by atoms with Crippen LogP contribution in [0.1, 0.15) is 10.4 Å². The highest BCUT2D eigenvalue weighted by molar-refractivity contribution is 5.89. The minimum absolute atomic E-state index is 0.0164. The van der Waals surface area contributed by atoms with Gasteiger partial charge >= 0.3 is 5.97 Å². The fourth-order valence-corrected chi connectivity index (χ4v) is 0.929. The molecular weight excluding hydrogens is 188 g/mol. The first-order valence-corrected chi connectivity index (χ1v) is 3.62. The van der Waals surface area contributed by atoms with Crippen LogP contribution in [0.5, 0.6) is 5.75 Å². The summed E-state index contributed by atoms with van der Waals surface area (Å²) in [5.41, 5.74) is 2.59. The van der Waals surface area contributed by atoms with Crippen LogP contribution < -0.4 is 16.0 Å². The lowest BCUT2D eigenvalue weighted by Crippen LogP contribution is -2.08. The van der Waals surface area contributed by atoms with Crippen LogP contribution in [0.3, 0.4) is 0 Å². The highest BCUT2D eigenvalue weighted by Crippen LogP contribution is 2.19. The van der Waals surface area contributed by atoms with Crippen molar-refractivity contribution in [2.45, 2.75) is 0 Å². The molecule has 0 aliphatic heterocycles. The summed E-state index contributed by atoms with van der Waals surface area (Å²) in [6.07, 6.45) is 0. The number of benzene rings is 1. The summed E-state index contributed by atoms with van der Waals surface area (Å²) in [6.45, 7) is 0.210. The van der Waals surface area contributed by atoms with E-state index in [1.54, 1.807) is 0 Å². The zero-order chi connectivity index (χ0) is 10.6. The van der Waals surface area contributed by atoms with Crippen LogP contribution >= 0.6 is 0 Å². The Morgan fingerprint density at radius 1 is 1.50 bits per heavy atom. The molecule has 0 fully saturated rings. The van der Waals surface area contributed by atoms with Gasteiger partial charge in [0.15, 0.2) is 0 Å². The summed E-state index contributed by atoms with van der Waals surface area (Å²) in [5, 5.41) is 8.68. The largest absolute Gasteiger partial charge is 0.478 e. The molecule has 0 spiro atoms. The third-order valence-corrected chi connectivity index (χ3v) is 1.50. The predicted octanol–water partition coefficient (Wildman–Crippen LogP) is 0.206. The van der Waals surface area contributed by atoms with Crippen molar-refractivity contribution in [3.63, 3.8) is 0 Å². The third kappa shape index (κ3) is 2.20. The van der Waals surface area contributed by atoms with Gasteiger partial charge in [0, 0.05) is 6.07 Å². The standard InChI is InChI=1S/C8H8N2O4/c9-10-6-1-5(8(12)13)2-7(3-6)14-4-11/h1-4,10H,9H2,(H,12,13). The van der Waals surface area contributed by atoms with Gasteiger partial charge < -0.3 is 15.3 Å². The highest BCUT2D eigenvalue weighted by Gasteiger charge is 2.07. The average molecular weight is 196 g/mol. The third-order valence-electron chi connectivity index (χ3n) is 1.50. The molecule has 0 aliphatic carbocycles. The molecule has 6 heteroatoms. The quantitative estimate of drug-likeness (QED) is 0.361. The second kappa shape index (κ2) is 4.24. The van der Waals surface area contributed by atoms with Crippen LogP contribution in [0.25, 0.3) is 0 Å². The number of ether oxygens (including phenoxy) is 1. The number of nitrogens with one attached hydrogen (secondary N) is 1. The number of hydrogen-bond donors (Lipinski definition) is 3. The first-order valence-electron chi connectivity index (χ1n) is 3.62. The number of carbonyl (C=O) groups is 2. The smallest absolute Gasteiger partial charge is 0.335 e. The van der Waals surface area contributed by atoms with Gasteiger partial charge in [0.25, 0.3) is 6.47 Å². The molecule has 0 heterocycles. The van der Waals surface area contributed by atoms with E-state index in [1.165, 1.54) is 18.2 Å². The maximum absolute atomic E-state index is 10.6. The van der Waals surface area contributed by atoms with E-state index in [-0.39, 0.29) is 17.8 Å². The number of rotatable bonds is 4. The molecule has 0 aliphatic rings. The van der Waals surface area contributed by atoms with E-state index in [4.69, 9.17) is 10.9 Å². The van der Waals surface area contributed by atoms with Crippen molar-refractivity contribution in [1.82, 2.24) is 0 Å². The van der Waals surface area contributed by atoms with E-state index < -0.39 is 5.97 Å². The molecule has 1 aromatic rings. The summed E-state index contributed by atoms with van der Waals surface area (Å²) >= 11 is 0. The fourth-order valence-electron chi connectivity index (χ4n) is 0.929. The Bertz CT molecular complexity index is 364. The lowest BCUT2D eigenvalue weighted by Gasteiger charge is -2.04. The van der Waals surface area contributed by atoms with E-state index in [9.17, 15) is 9.59 Å². The molecule has 1 rings (SSSR count). The molecule has 0 radical (unpaired) electrons. The van der Waals surface area contributed by atoms with Crippen LogP contribution in [0.15, 0.2) is 18.2 Å². The number of carbonyl (C=O) groups excluding carboxylic acids is 1. The van der Waals surface area contributed by atoms with Gasteiger partial charge in [-0.25, -0.2) is 4.79 Å². The summed E-state index contributed by atoms with van der Waals surface area (Å²) in [6, 6.07) is 3.94. The molecule has 74 valence electrons. The molecule has 0 bridgehead atoms. The Hall–Kier alpha value is -2.08. The number of hydrogen-bond acceptors (Lipinski definition) is 5. The second-order valence-electron chi connectivity index (χ2n) is 2.41. The van der Waals surface area contributed by atoms with Crippen LogP contribution in [-0.4, -0.2) is 17.5 Å². The number of hydrazine groups is 1. The van der Waals surface area contributed by atoms with Crippen molar-refractivity contribution >= 4 is 18.1 Å². The molecule has 0 saturated carbocycles. The molecule has 4 N–H and O–H groups in total. The van der Waals surface area contributed by atoms with Crippen LogP contribution in [0.4, 0.5) is 5.69 Å². The van der Waals surface area contributed by atoms with Crippen molar-refractivity contribution < 1.29 is 19.4 Å². The van der Waals surface area contributed by atoms with E-state index in [0.29, 0.717) is 5.69 Å². The van der Waals surface area contributed by atoms with E-state index in [1.807, 2.05) is 0 Å². The van der Waals surface area contributed by atoms with E-state index in [2.05, 4.69) is 10.2 Å². The normalized spacial score (nSPS) is 9.21. The molecule has 6 nitrogen and oxygen atoms in total. The van der Waals surface area contributed by atoms with Gasteiger partial charge in [-0.3, -0.25) is 10.6 Å². The Balaban J connectivity index is 3.12. The van der Waals surface area contributed by atoms with Gasteiger partial charge in [0.05, 0.1) is 11.3 Å². The van der Waals surface area contributed by atoms with Crippen molar-refractivity contribution in [2.24, 2.45) is 5.84 Å². The number of carboxylic acid groups (broad SMARTS) is 1. The van der Waals surface area contributed by atoms with Crippen molar-refractivity contribution in [3.05, 3.63) is 23.8 Å². The summed E-state index contributed by atoms with van der Waals surface area (Å²) in [7, 11) is 0. The zero-order valence-corrected chi connectivity index (χ0v) is 7.06. The molecule has 0 unspecified atom stereocenters. The fraction of sp³-hybridized carbons (Fsp3) is 0. The number of nitrogen functional groups attached to an aromatic ring is 1. The zero-order valence-electron chi connectivity index (χ0n) is 7.06. The first kappa shape index (κ1) is 10.0. The summed E-state index contributed by atoms with van der Waals surface area (Å²) < 4.78 is 4.50. The van der Waals surface area contributed by atoms with Crippen molar-refractivity contribution in [2.75, 3.05) is 5.43 Å². The van der Waals surface area contributed by atoms with Crippen molar-refractivity contribution in [1.29, 1.82) is 0 Å². The summed E-state index contributed by atoms with van der Waals surface area (Å²) in [4.78, 5) is 20.6. The highest BCUT2D eigenvalue weighted by atomic mass is 16.5. The monoisotopic (exact) mass is 196 g/mol. The Labute approximate surface area is 79.3 Å². The van der Waals surface area contributed by atoms with Gasteiger partial charge in [-0.1, -0.05) is 0 Å². The minimum Gasteiger partial charge on any atom is -0.478 e. The molecule has 0 atom stereocenters. The maximum atomic E-state index is 10.6. The van der Waals surface area contributed by atoms with E-state index in [0.717, 1.165) is 0 Å². The van der Waals surface area contributed by atoms with E-state index >= 15 is 0 Å². The number of aromatic carboxylic acids is 1. The molecule has 0 saturated heterocycles. The molecule has 1 aromatic carbocycles. The molecular formula is C8H8N2O4. The van der Waals surface area contributed by atoms with Gasteiger partial charge in [0.1, 0.15) is 5.75 Å². The van der Waals surface area contributed by atoms with Gasteiger partial charge in [0.2, 0.25) is 0 Å². The Morgan fingerprint density at radius 3 is 2.71 bits per heavy atom. The molecule has 0 aromatic heterocycles. The second-order valence-corrected chi connectivity index (χ2v) is 2.41. The Morgan fingerprint density at radius 2 is 2.21 bits per heavy atom. The lowest BCUT2D eigenvalue weighted by atomic mass is 10.2. The SMILES string of the molecule is NNc1cc(OC=O)cc(C(=O)O)c1. The average Bonchev–Trinajstić information content (AvgIpc) is 2.17. The van der Waals surface area contributed by atoms with Crippen LogP contribution in [0.2, 0.25) is 0 Å². The number of anilines is 1. The predicted molar refractivity (Wildman–Crippen MR) is 47.9 cm³/mol. The first-order chi connectivity index (χ1) is 6.67. The van der Waals surface area contributed by atoms with Gasteiger partial charge in [-0.05, 0) is 12.1 Å². The van der Waals surface area contributed by atoms with Gasteiger partial charge in [-0.2, -0.15) is 0 Å². The van der Waals surface area contributed by atoms with Gasteiger partial charge in [-0.15, -0.1) is 0 Å². The maximum Gasteiger partial charge on any atom is 0.335 e. The molecule has 14 heavy (non-hydrogen) atoms. The lowest BCUT2D eigenvalue weighted by molar-refractivity contribution is -0.120. The van der Waals surface area contributed by atoms with Crippen molar-refractivity contribution in [3.8, 4) is 5.75 Å². The minimum atomic E-state index is -1.13. The van der Waals surface area contributed by atoms with Crippen LogP contribution in [0, 0.1) is 0 Å². The Kier molecular flexibility index (Phi) is 3.03. The number of nitrogens with two attached hydrogens (primary N) is 1. The number of carboxylic acids is 1. The summed E-state index contributed by atoms with van der Waals surface area (Å²) in [5.74, 6) is 4.09. The molecule has 0 amide bonds. The topological polar surface area (TPSA) is 102 Å².